The second-order valence-corrected chi connectivity index (χ2v) is 7.07. The van der Waals surface area contributed by atoms with Gasteiger partial charge in [-0.05, 0) is 5.92 Å². The van der Waals surface area contributed by atoms with Gasteiger partial charge in [-0.25, -0.2) is 0 Å². The Labute approximate surface area is 143 Å². The van der Waals surface area contributed by atoms with Crippen molar-refractivity contribution in [3.63, 3.8) is 0 Å². The summed E-state index contributed by atoms with van der Waals surface area (Å²) in [5.74, 6) is 0.509. The van der Waals surface area contributed by atoms with Gasteiger partial charge in [0.15, 0.2) is 0 Å². The number of aromatic nitrogens is 2. The summed E-state index contributed by atoms with van der Waals surface area (Å²) in [6.45, 7) is 9.31. The third-order valence-corrected chi connectivity index (χ3v) is 5.06. The molecule has 24 heavy (non-hydrogen) atoms. The van der Waals surface area contributed by atoms with Crippen LogP contribution in [0, 0.1) is 17.2 Å². The lowest BCUT2D eigenvalue weighted by Crippen LogP contribution is -2.54. The second-order valence-electron chi connectivity index (χ2n) is 7.07. The molecule has 0 spiro atoms. The fourth-order valence-electron chi connectivity index (χ4n) is 3.61. The van der Waals surface area contributed by atoms with Crippen molar-refractivity contribution >= 4 is 5.91 Å². The van der Waals surface area contributed by atoms with Gasteiger partial charge in [0.05, 0.1) is 18.8 Å². The molecular weight excluding hydrogens is 304 g/mol. The number of hydrogen-bond donors (Lipinski definition) is 1. The van der Waals surface area contributed by atoms with Crippen molar-refractivity contribution in [1.29, 1.82) is 5.26 Å². The summed E-state index contributed by atoms with van der Waals surface area (Å²) in [7, 11) is 0. The van der Waals surface area contributed by atoms with Crippen molar-refractivity contribution in [3.8, 4) is 6.07 Å². The summed E-state index contributed by atoms with van der Waals surface area (Å²) in [6, 6.07) is 2.34. The lowest BCUT2D eigenvalue weighted by molar-refractivity contribution is -0.134. The molecule has 1 aromatic rings. The molecule has 0 bridgehead atoms. The van der Waals surface area contributed by atoms with Gasteiger partial charge in [0.2, 0.25) is 5.91 Å². The molecule has 1 saturated heterocycles. The number of aromatic amines is 1. The number of carbonyl (C=O) groups is 1. The third kappa shape index (κ3) is 3.60. The first-order valence-corrected chi connectivity index (χ1v) is 8.73. The maximum Gasteiger partial charge on any atom is 0.236 e. The largest absolute Gasteiger partial charge is 0.339 e. The second kappa shape index (κ2) is 7.32. The zero-order valence-corrected chi connectivity index (χ0v) is 14.5. The fraction of sp³-hybridized carbons (Fsp3) is 0.706. The number of nitrogens with one attached hydrogen (secondary N) is 1. The van der Waals surface area contributed by atoms with E-state index in [1.54, 1.807) is 0 Å². The molecule has 2 aliphatic rings. The molecule has 0 aromatic carbocycles. The van der Waals surface area contributed by atoms with Crippen LogP contribution in [0.25, 0.3) is 0 Å². The summed E-state index contributed by atoms with van der Waals surface area (Å²) < 4.78 is 0. The fourth-order valence-corrected chi connectivity index (χ4v) is 3.61. The Kier molecular flexibility index (Phi) is 5.17. The van der Waals surface area contributed by atoms with Gasteiger partial charge in [-0.2, -0.15) is 10.4 Å². The molecule has 3 rings (SSSR count). The maximum atomic E-state index is 12.6. The van der Waals surface area contributed by atoms with Crippen molar-refractivity contribution in [2.24, 2.45) is 5.92 Å². The molecule has 0 saturated carbocycles. The van der Waals surface area contributed by atoms with Gasteiger partial charge in [-0.3, -0.25) is 19.7 Å². The van der Waals surface area contributed by atoms with Crippen molar-refractivity contribution in [1.82, 2.24) is 24.9 Å². The molecule has 0 radical (unpaired) electrons. The zero-order chi connectivity index (χ0) is 17.1. The molecule has 1 fully saturated rings. The first-order chi connectivity index (χ1) is 11.6. The Morgan fingerprint density at radius 2 is 2.08 bits per heavy atom. The highest BCUT2D eigenvalue weighted by Gasteiger charge is 2.29. The van der Waals surface area contributed by atoms with Gasteiger partial charge >= 0.3 is 0 Å². The van der Waals surface area contributed by atoms with E-state index in [1.807, 2.05) is 11.1 Å². The highest BCUT2D eigenvalue weighted by molar-refractivity contribution is 5.78. The first kappa shape index (κ1) is 16.9. The van der Waals surface area contributed by atoms with Crippen LogP contribution in [-0.2, 0) is 17.8 Å². The monoisotopic (exact) mass is 330 g/mol. The number of carbonyl (C=O) groups excluding carboxylic acids is 1. The van der Waals surface area contributed by atoms with Crippen LogP contribution in [0.15, 0.2) is 6.20 Å². The van der Waals surface area contributed by atoms with E-state index in [1.165, 1.54) is 11.3 Å². The van der Waals surface area contributed by atoms with Crippen molar-refractivity contribution in [2.75, 3.05) is 39.3 Å². The number of amides is 1. The molecule has 130 valence electrons. The van der Waals surface area contributed by atoms with E-state index < -0.39 is 0 Å². The van der Waals surface area contributed by atoms with Gasteiger partial charge in [-0.15, -0.1) is 0 Å². The average Bonchev–Trinajstić information content (AvgIpc) is 3.03. The normalized spacial score (nSPS) is 20.7. The number of fused-ring (bicyclic) bond motifs is 1. The lowest BCUT2D eigenvalue weighted by Gasteiger charge is -2.39. The molecule has 0 aliphatic carbocycles. The number of rotatable bonds is 4. The quantitative estimate of drug-likeness (QED) is 0.868. The average molecular weight is 330 g/mol. The molecular formula is C17H26N6O. The molecule has 2 aliphatic heterocycles. The summed E-state index contributed by atoms with van der Waals surface area (Å²) >= 11 is 0. The zero-order valence-electron chi connectivity index (χ0n) is 14.5. The van der Waals surface area contributed by atoms with Crippen LogP contribution in [0.1, 0.15) is 25.1 Å². The topological polar surface area (TPSA) is 79.3 Å². The highest BCUT2D eigenvalue weighted by Crippen LogP contribution is 2.17. The summed E-state index contributed by atoms with van der Waals surface area (Å²) in [5.41, 5.74) is 2.40. The predicted octanol–water partition coefficient (Wildman–Crippen LogP) is 0.460. The Balaban J connectivity index is 1.49. The van der Waals surface area contributed by atoms with Crippen LogP contribution in [0.5, 0.6) is 0 Å². The van der Waals surface area contributed by atoms with E-state index >= 15 is 0 Å². The number of piperazine rings is 1. The number of H-pyrrole nitrogens is 1. The van der Waals surface area contributed by atoms with E-state index in [0.29, 0.717) is 25.6 Å². The van der Waals surface area contributed by atoms with E-state index in [0.717, 1.165) is 32.6 Å². The molecule has 1 aromatic heterocycles. The van der Waals surface area contributed by atoms with Crippen molar-refractivity contribution in [2.45, 2.75) is 32.9 Å². The van der Waals surface area contributed by atoms with Crippen LogP contribution < -0.4 is 0 Å². The lowest BCUT2D eigenvalue weighted by atomic mass is 10.0. The SMILES string of the molecule is CC(C)C(C#N)N1CCN(C(=O)CN2CCc3[nH]ncc3C2)CC1. The Morgan fingerprint density at radius 3 is 2.75 bits per heavy atom. The van der Waals surface area contributed by atoms with Crippen LogP contribution >= 0.6 is 0 Å². The highest BCUT2D eigenvalue weighted by atomic mass is 16.2. The van der Waals surface area contributed by atoms with Crippen LogP contribution in [0.3, 0.4) is 0 Å². The summed E-state index contributed by atoms with van der Waals surface area (Å²) in [5, 5.41) is 16.4. The summed E-state index contributed by atoms with van der Waals surface area (Å²) in [6.07, 6.45) is 2.79. The Bertz CT molecular complexity index is 611. The number of hydrogen-bond acceptors (Lipinski definition) is 5. The summed E-state index contributed by atoms with van der Waals surface area (Å²) in [4.78, 5) is 18.9. The number of nitrogens with zero attached hydrogens (tertiary/aromatic N) is 5. The maximum absolute atomic E-state index is 12.6. The van der Waals surface area contributed by atoms with E-state index in [-0.39, 0.29) is 11.9 Å². The molecule has 1 N–H and O–H groups in total. The van der Waals surface area contributed by atoms with Crippen LogP contribution in [0.2, 0.25) is 0 Å². The van der Waals surface area contributed by atoms with Crippen molar-refractivity contribution < 1.29 is 4.79 Å². The predicted molar refractivity (Wildman–Crippen MR) is 90.0 cm³/mol. The molecule has 1 atom stereocenters. The standard InChI is InChI=1S/C17H26N6O/c1-13(2)16(9-18)22-5-7-23(8-6-22)17(24)12-21-4-3-15-14(11-21)10-19-20-15/h10,13,16H,3-8,11-12H2,1-2H3,(H,19,20). The van der Waals surface area contributed by atoms with Gasteiger partial charge in [-0.1, -0.05) is 13.8 Å². The van der Waals surface area contributed by atoms with Crippen molar-refractivity contribution in [3.05, 3.63) is 17.5 Å². The molecule has 7 nitrogen and oxygen atoms in total. The number of nitriles is 1. The third-order valence-electron chi connectivity index (χ3n) is 5.06. The molecule has 1 unspecified atom stereocenters. The molecule has 7 heteroatoms. The minimum Gasteiger partial charge on any atom is -0.339 e. The molecule has 3 heterocycles. The van der Waals surface area contributed by atoms with Crippen LogP contribution in [-0.4, -0.2) is 76.1 Å². The minimum absolute atomic E-state index is 0.0520. The smallest absolute Gasteiger partial charge is 0.236 e. The van der Waals surface area contributed by atoms with Gasteiger partial charge < -0.3 is 4.90 Å². The van der Waals surface area contributed by atoms with Crippen LogP contribution in [0.4, 0.5) is 0 Å². The Morgan fingerprint density at radius 1 is 1.33 bits per heavy atom. The minimum atomic E-state index is -0.0520. The first-order valence-electron chi connectivity index (χ1n) is 8.73. The van der Waals surface area contributed by atoms with Gasteiger partial charge in [0, 0.05) is 56.9 Å². The Hall–Kier alpha value is -1.91. The van der Waals surface area contributed by atoms with Gasteiger partial charge in [0.25, 0.3) is 0 Å². The molecule has 1 amide bonds. The van der Waals surface area contributed by atoms with Gasteiger partial charge in [0.1, 0.15) is 6.04 Å². The van der Waals surface area contributed by atoms with E-state index in [9.17, 15) is 10.1 Å². The van der Waals surface area contributed by atoms with E-state index in [4.69, 9.17) is 0 Å². The van der Waals surface area contributed by atoms with E-state index in [2.05, 4.69) is 39.9 Å².